The monoisotopic (exact) mass is 258 g/mol. The minimum absolute atomic E-state index is 0.589. The normalized spacial score (nSPS) is 8.25. The van der Waals surface area contributed by atoms with E-state index in [0.29, 0.717) is 11.3 Å². The zero-order valence-corrected chi connectivity index (χ0v) is 10.9. The van der Waals surface area contributed by atoms with Crippen molar-refractivity contribution in [3.63, 3.8) is 0 Å². The summed E-state index contributed by atoms with van der Waals surface area (Å²) < 4.78 is 0. The Labute approximate surface area is 119 Å². The lowest BCUT2D eigenvalue weighted by atomic mass is 10.1. The van der Waals surface area contributed by atoms with Gasteiger partial charge in [-0.2, -0.15) is 0 Å². The smallest absolute Gasteiger partial charge is 0.0484 e. The predicted octanol–water partition coefficient (Wildman–Crippen LogP) is 2.48. The number of rotatable bonds is 0. The van der Waals surface area contributed by atoms with E-state index in [4.69, 9.17) is 30.7 Å². The number of anilines is 2. The van der Waals surface area contributed by atoms with Gasteiger partial charge in [0.05, 0.1) is 0 Å². The van der Waals surface area contributed by atoms with E-state index in [0.717, 1.165) is 16.8 Å². The zero-order chi connectivity index (χ0) is 15.0. The van der Waals surface area contributed by atoms with Crippen LogP contribution in [-0.2, 0) is 0 Å². The summed E-state index contributed by atoms with van der Waals surface area (Å²) in [7, 11) is 0. The van der Waals surface area contributed by atoms with Gasteiger partial charge in [-0.1, -0.05) is 17.8 Å². The van der Waals surface area contributed by atoms with E-state index in [-0.39, 0.29) is 0 Å². The van der Waals surface area contributed by atoms with E-state index >= 15 is 0 Å². The lowest BCUT2D eigenvalue weighted by Gasteiger charge is -1.97. The topological polar surface area (TPSA) is 52.0 Å². The van der Waals surface area contributed by atoms with E-state index in [1.165, 1.54) is 0 Å². The minimum Gasteiger partial charge on any atom is -0.399 e. The van der Waals surface area contributed by atoms with Crippen molar-refractivity contribution in [3.8, 4) is 37.0 Å². The van der Waals surface area contributed by atoms with Crippen LogP contribution >= 0.6 is 0 Å². The first-order valence-electron chi connectivity index (χ1n) is 5.75. The summed E-state index contributed by atoms with van der Waals surface area (Å²) in [6.45, 7) is 0. The molecule has 2 nitrogen and oxygen atoms in total. The first-order valence-corrected chi connectivity index (χ1v) is 5.75. The number of hydrogen-bond acceptors (Lipinski definition) is 2. The first kappa shape index (κ1) is 14.8. The van der Waals surface area contributed by atoms with Crippen molar-refractivity contribution in [1.82, 2.24) is 0 Å². The molecule has 0 saturated carbocycles. The molecule has 2 aromatic carbocycles. The van der Waals surface area contributed by atoms with Crippen LogP contribution in [0.1, 0.15) is 16.7 Å². The Bertz CT molecular complexity index is 705. The fourth-order valence-electron chi connectivity index (χ4n) is 1.35. The zero-order valence-electron chi connectivity index (χ0n) is 10.9. The molecule has 4 N–H and O–H groups in total. The van der Waals surface area contributed by atoms with Gasteiger partial charge in [-0.15, -0.1) is 19.3 Å². The third-order valence-electron chi connectivity index (χ3n) is 2.45. The fourth-order valence-corrected chi connectivity index (χ4v) is 1.35. The Hall–Kier alpha value is -3.28. The van der Waals surface area contributed by atoms with Gasteiger partial charge in [0.25, 0.3) is 0 Å². The number of nitrogens with two attached hydrogens (primary N) is 2. The largest absolute Gasteiger partial charge is 0.399 e. The maximum atomic E-state index is 5.54. The molecule has 0 saturated heterocycles. The summed E-state index contributed by atoms with van der Waals surface area (Å²) in [6.07, 6.45) is 15.4. The number of terminal acetylenes is 3. The Morgan fingerprint density at radius 2 is 1.25 bits per heavy atom. The molecule has 20 heavy (non-hydrogen) atoms. The molecule has 0 radical (unpaired) electrons. The van der Waals surface area contributed by atoms with Crippen LogP contribution in [0.25, 0.3) is 0 Å². The minimum atomic E-state index is 0.589. The van der Waals surface area contributed by atoms with Crippen LogP contribution in [0.3, 0.4) is 0 Å². The molecule has 0 fully saturated rings. The molecular formula is C18H14N2. The van der Waals surface area contributed by atoms with Gasteiger partial charge in [-0.05, 0) is 42.5 Å². The van der Waals surface area contributed by atoms with Crippen LogP contribution < -0.4 is 11.5 Å². The molecule has 0 aromatic heterocycles. The lowest BCUT2D eigenvalue weighted by molar-refractivity contribution is 1.59. The highest BCUT2D eigenvalue weighted by atomic mass is 14.5. The Kier molecular flexibility index (Phi) is 5.34. The average Bonchev–Trinajstić information content (AvgIpc) is 2.49. The molecule has 0 aliphatic heterocycles. The Morgan fingerprint density at radius 3 is 1.75 bits per heavy atom. The summed E-state index contributed by atoms with van der Waals surface area (Å²) >= 11 is 0. The molecule has 0 spiro atoms. The van der Waals surface area contributed by atoms with E-state index < -0.39 is 0 Å². The summed E-state index contributed by atoms with van der Waals surface area (Å²) in [5, 5.41) is 0. The van der Waals surface area contributed by atoms with Gasteiger partial charge in [0, 0.05) is 28.1 Å². The molecule has 2 rings (SSSR count). The van der Waals surface area contributed by atoms with Gasteiger partial charge in [0.15, 0.2) is 0 Å². The summed E-state index contributed by atoms with van der Waals surface area (Å²) in [6, 6.07) is 12.4. The van der Waals surface area contributed by atoms with Crippen molar-refractivity contribution in [2.45, 2.75) is 0 Å². The van der Waals surface area contributed by atoms with Crippen molar-refractivity contribution in [2.75, 3.05) is 11.5 Å². The third kappa shape index (κ3) is 4.19. The standard InChI is InChI=1S/C10H7N.C8H7N/c1-3-8-5-6-10(11)9(4-2)7-8;1-2-7-3-5-8(9)6-4-7/h1-2,5-7H,11H2;1,3-6H,9H2. The number of benzene rings is 2. The molecule has 0 aliphatic carbocycles. The molecule has 0 amide bonds. The van der Waals surface area contributed by atoms with E-state index in [9.17, 15) is 0 Å². The third-order valence-corrected chi connectivity index (χ3v) is 2.45. The second-order valence-electron chi connectivity index (χ2n) is 3.86. The highest BCUT2D eigenvalue weighted by molar-refractivity contribution is 5.58. The maximum absolute atomic E-state index is 5.54. The van der Waals surface area contributed by atoms with Gasteiger partial charge in [0.2, 0.25) is 0 Å². The molecule has 0 bridgehead atoms. The van der Waals surface area contributed by atoms with Crippen molar-refractivity contribution >= 4 is 11.4 Å². The van der Waals surface area contributed by atoms with Crippen molar-refractivity contribution in [1.29, 1.82) is 0 Å². The Morgan fingerprint density at radius 1 is 0.700 bits per heavy atom. The van der Waals surface area contributed by atoms with E-state index in [1.807, 2.05) is 12.1 Å². The number of hydrogen-bond donors (Lipinski definition) is 2. The van der Waals surface area contributed by atoms with Crippen LogP contribution in [0.15, 0.2) is 42.5 Å². The second-order valence-corrected chi connectivity index (χ2v) is 3.86. The van der Waals surface area contributed by atoms with Crippen LogP contribution in [0.5, 0.6) is 0 Å². The van der Waals surface area contributed by atoms with Crippen molar-refractivity contribution in [3.05, 3.63) is 59.2 Å². The molecule has 2 aromatic rings. The second kappa shape index (κ2) is 7.22. The van der Waals surface area contributed by atoms with Crippen molar-refractivity contribution in [2.24, 2.45) is 0 Å². The maximum Gasteiger partial charge on any atom is 0.0484 e. The molecule has 0 atom stereocenters. The van der Waals surface area contributed by atoms with Gasteiger partial charge < -0.3 is 11.5 Å². The van der Waals surface area contributed by atoms with Gasteiger partial charge >= 0.3 is 0 Å². The van der Waals surface area contributed by atoms with Gasteiger partial charge in [-0.3, -0.25) is 0 Å². The fraction of sp³-hybridized carbons (Fsp3) is 0. The quantitative estimate of drug-likeness (QED) is 0.563. The molecule has 96 valence electrons. The molecular weight excluding hydrogens is 244 g/mol. The first-order chi connectivity index (χ1) is 9.60. The summed E-state index contributed by atoms with van der Waals surface area (Å²) in [4.78, 5) is 0. The number of nitrogen functional groups attached to an aromatic ring is 2. The predicted molar refractivity (Wildman–Crippen MR) is 85.5 cm³/mol. The van der Waals surface area contributed by atoms with E-state index in [1.54, 1.807) is 30.3 Å². The van der Waals surface area contributed by atoms with Crippen molar-refractivity contribution < 1.29 is 0 Å². The highest BCUT2D eigenvalue weighted by Crippen LogP contribution is 2.11. The average molecular weight is 258 g/mol. The molecule has 0 unspecified atom stereocenters. The summed E-state index contributed by atoms with van der Waals surface area (Å²) in [5.41, 5.74) is 14.6. The summed E-state index contributed by atoms with van der Waals surface area (Å²) in [5.74, 6) is 7.43. The van der Waals surface area contributed by atoms with Crippen LogP contribution in [0.2, 0.25) is 0 Å². The molecule has 0 aliphatic rings. The lowest BCUT2D eigenvalue weighted by Crippen LogP contribution is -1.90. The van der Waals surface area contributed by atoms with Crippen LogP contribution in [0, 0.1) is 37.0 Å². The van der Waals surface area contributed by atoms with Crippen LogP contribution in [0.4, 0.5) is 11.4 Å². The Balaban J connectivity index is 0.000000204. The SMILES string of the molecule is C#Cc1ccc(N)c(C#C)c1.C#Cc1ccc(N)cc1. The molecule has 2 heteroatoms. The van der Waals surface area contributed by atoms with E-state index in [2.05, 4.69) is 17.8 Å². The molecule has 0 heterocycles. The van der Waals surface area contributed by atoms with Gasteiger partial charge in [-0.25, -0.2) is 0 Å². The van der Waals surface area contributed by atoms with Gasteiger partial charge in [0.1, 0.15) is 0 Å². The highest BCUT2D eigenvalue weighted by Gasteiger charge is 1.94. The van der Waals surface area contributed by atoms with Crippen LogP contribution in [-0.4, -0.2) is 0 Å².